The Hall–Kier alpha value is -3.49. The van der Waals surface area contributed by atoms with E-state index in [2.05, 4.69) is 9.88 Å². The predicted octanol–water partition coefficient (Wildman–Crippen LogP) is 6.00. The first-order valence-electron chi connectivity index (χ1n) is 12.1. The molecule has 2 heterocycles. The third-order valence-corrected chi connectivity index (χ3v) is 6.14. The highest BCUT2D eigenvalue weighted by molar-refractivity contribution is 5.71. The molecule has 0 aliphatic carbocycles. The topological polar surface area (TPSA) is 64.8 Å². The van der Waals surface area contributed by atoms with Crippen molar-refractivity contribution in [2.24, 2.45) is 0 Å². The fourth-order valence-corrected chi connectivity index (χ4v) is 4.34. The van der Waals surface area contributed by atoms with E-state index < -0.39 is 11.7 Å². The van der Waals surface area contributed by atoms with Crippen molar-refractivity contribution in [3.05, 3.63) is 65.0 Å². The van der Waals surface area contributed by atoms with Crippen molar-refractivity contribution in [1.29, 1.82) is 0 Å². The van der Waals surface area contributed by atoms with Gasteiger partial charge in [0.15, 0.2) is 0 Å². The number of benzene rings is 2. The number of ether oxygens (including phenoxy) is 2. The van der Waals surface area contributed by atoms with Crippen LogP contribution in [0.25, 0.3) is 11.5 Å². The number of nitrogens with zero attached hydrogens (tertiary/aromatic N) is 2. The van der Waals surface area contributed by atoms with Gasteiger partial charge in [0.2, 0.25) is 5.89 Å². The first kappa shape index (κ1) is 25.6. The smallest absolute Gasteiger partial charge is 0.416 e. The van der Waals surface area contributed by atoms with Crippen molar-refractivity contribution in [1.82, 2.24) is 4.98 Å². The number of carbonyl (C=O) groups is 1. The summed E-state index contributed by atoms with van der Waals surface area (Å²) in [6.45, 7) is 5.81. The van der Waals surface area contributed by atoms with Gasteiger partial charge in [-0.1, -0.05) is 6.07 Å². The number of fused-ring (bicyclic) bond motifs is 1. The van der Waals surface area contributed by atoms with Crippen LogP contribution in [0.5, 0.6) is 5.75 Å². The number of rotatable bonds is 9. The molecule has 6 nitrogen and oxygen atoms in total. The van der Waals surface area contributed by atoms with Gasteiger partial charge in [-0.05, 0) is 63.1 Å². The number of anilines is 1. The molecule has 0 amide bonds. The molecule has 0 unspecified atom stereocenters. The van der Waals surface area contributed by atoms with Crippen LogP contribution in [0, 0.1) is 6.92 Å². The quantitative estimate of drug-likeness (QED) is 0.335. The van der Waals surface area contributed by atoms with Crippen LogP contribution in [0.4, 0.5) is 18.9 Å². The minimum atomic E-state index is -4.39. The number of hydrogen-bond donors (Lipinski definition) is 0. The fraction of sp³-hybridized carbons (Fsp3) is 0.407. The van der Waals surface area contributed by atoms with Crippen LogP contribution in [0.2, 0.25) is 0 Å². The number of halogens is 3. The maximum absolute atomic E-state index is 12.8. The highest BCUT2D eigenvalue weighted by atomic mass is 19.4. The number of esters is 1. The van der Waals surface area contributed by atoms with E-state index in [1.807, 2.05) is 18.2 Å². The molecule has 36 heavy (non-hydrogen) atoms. The lowest BCUT2D eigenvalue weighted by Crippen LogP contribution is -2.32. The number of carbonyl (C=O) groups excluding carboxylic acids is 1. The van der Waals surface area contributed by atoms with E-state index in [9.17, 15) is 18.0 Å². The number of oxazole rings is 1. The molecule has 0 bridgehead atoms. The largest absolute Gasteiger partial charge is 0.493 e. The number of hydrogen-bond acceptors (Lipinski definition) is 6. The molecule has 2 aromatic carbocycles. The van der Waals surface area contributed by atoms with E-state index in [0.717, 1.165) is 48.5 Å². The van der Waals surface area contributed by atoms with Crippen LogP contribution in [0.3, 0.4) is 0 Å². The second-order valence-electron chi connectivity index (χ2n) is 8.59. The first-order chi connectivity index (χ1) is 17.3. The highest BCUT2D eigenvalue weighted by Crippen LogP contribution is 2.35. The van der Waals surface area contributed by atoms with E-state index in [4.69, 9.17) is 13.9 Å². The summed E-state index contributed by atoms with van der Waals surface area (Å²) in [5, 5.41) is 0. The standard InChI is InChI=1S/C27H29F3N2O4/c1-3-34-25(33)13-16-32-15-5-6-21-23(32)7-4-8-24(21)35-17-14-22-18(2)36-26(31-22)19-9-11-20(12-10-19)27(28,29)30/h4,7-12H,3,5-6,13-17H2,1-2H3. The van der Waals surface area contributed by atoms with Gasteiger partial charge in [0, 0.05) is 36.3 Å². The Morgan fingerprint density at radius 2 is 1.94 bits per heavy atom. The van der Waals surface area contributed by atoms with Gasteiger partial charge in [-0.15, -0.1) is 0 Å². The lowest BCUT2D eigenvalue weighted by atomic mass is 10.0. The molecular formula is C27H29F3N2O4. The normalized spacial score (nSPS) is 13.4. The van der Waals surface area contributed by atoms with Crippen LogP contribution in [0.1, 0.15) is 42.3 Å². The van der Waals surface area contributed by atoms with Gasteiger partial charge < -0.3 is 18.8 Å². The molecule has 0 radical (unpaired) electrons. The zero-order valence-corrected chi connectivity index (χ0v) is 20.4. The maximum Gasteiger partial charge on any atom is 0.416 e. The van der Waals surface area contributed by atoms with Gasteiger partial charge in [0.05, 0.1) is 30.9 Å². The van der Waals surface area contributed by atoms with Crippen LogP contribution in [0.15, 0.2) is 46.9 Å². The Balaban J connectivity index is 1.39. The average molecular weight is 503 g/mol. The highest BCUT2D eigenvalue weighted by Gasteiger charge is 2.30. The van der Waals surface area contributed by atoms with E-state index in [1.165, 1.54) is 12.1 Å². The van der Waals surface area contributed by atoms with Crippen LogP contribution in [-0.4, -0.2) is 37.3 Å². The Morgan fingerprint density at radius 3 is 2.67 bits per heavy atom. The zero-order chi connectivity index (χ0) is 25.7. The van der Waals surface area contributed by atoms with Crippen molar-refractivity contribution >= 4 is 11.7 Å². The van der Waals surface area contributed by atoms with E-state index in [0.29, 0.717) is 49.6 Å². The van der Waals surface area contributed by atoms with Gasteiger partial charge in [-0.25, -0.2) is 4.98 Å². The van der Waals surface area contributed by atoms with E-state index in [-0.39, 0.29) is 11.9 Å². The fourth-order valence-electron chi connectivity index (χ4n) is 4.34. The van der Waals surface area contributed by atoms with Crippen molar-refractivity contribution in [3.8, 4) is 17.2 Å². The molecule has 192 valence electrons. The Kier molecular flexibility index (Phi) is 7.86. The number of alkyl halides is 3. The lowest BCUT2D eigenvalue weighted by molar-refractivity contribution is -0.143. The minimum Gasteiger partial charge on any atom is -0.493 e. The van der Waals surface area contributed by atoms with Crippen molar-refractivity contribution < 1.29 is 31.9 Å². The summed E-state index contributed by atoms with van der Waals surface area (Å²) in [6, 6.07) is 10.7. The molecule has 1 aliphatic rings. The molecule has 0 spiro atoms. The summed E-state index contributed by atoms with van der Waals surface area (Å²) in [6.07, 6.45) is -1.70. The summed E-state index contributed by atoms with van der Waals surface area (Å²) in [4.78, 5) is 18.5. The molecule has 0 atom stereocenters. The van der Waals surface area contributed by atoms with Crippen molar-refractivity contribution in [3.63, 3.8) is 0 Å². The summed E-state index contributed by atoms with van der Waals surface area (Å²) in [5.41, 5.74) is 2.66. The average Bonchev–Trinajstić information content (AvgIpc) is 3.23. The molecule has 3 aromatic rings. The van der Waals surface area contributed by atoms with Crippen LogP contribution in [-0.2, 0) is 28.5 Å². The zero-order valence-electron chi connectivity index (χ0n) is 20.4. The van der Waals surface area contributed by atoms with Gasteiger partial charge in [-0.2, -0.15) is 13.2 Å². The Bertz CT molecular complexity index is 1190. The van der Waals surface area contributed by atoms with Crippen molar-refractivity contribution in [2.45, 2.75) is 45.7 Å². The second-order valence-corrected chi connectivity index (χ2v) is 8.59. The molecule has 0 saturated heterocycles. The maximum atomic E-state index is 12.8. The summed E-state index contributed by atoms with van der Waals surface area (Å²) in [5.74, 6) is 1.49. The van der Waals surface area contributed by atoms with Gasteiger partial charge in [-0.3, -0.25) is 4.79 Å². The van der Waals surface area contributed by atoms with Gasteiger partial charge >= 0.3 is 12.1 Å². The van der Waals surface area contributed by atoms with E-state index in [1.54, 1.807) is 13.8 Å². The van der Waals surface area contributed by atoms with Crippen LogP contribution < -0.4 is 9.64 Å². The molecule has 0 fully saturated rings. The number of aromatic nitrogens is 1. The predicted molar refractivity (Wildman–Crippen MR) is 129 cm³/mol. The molecule has 1 aromatic heterocycles. The van der Waals surface area contributed by atoms with Crippen molar-refractivity contribution in [2.75, 3.05) is 31.2 Å². The lowest BCUT2D eigenvalue weighted by Gasteiger charge is -2.32. The molecule has 4 rings (SSSR count). The second kappa shape index (κ2) is 11.1. The third-order valence-electron chi connectivity index (χ3n) is 6.14. The number of aryl methyl sites for hydroxylation is 1. The molecular weight excluding hydrogens is 473 g/mol. The Morgan fingerprint density at radius 1 is 1.17 bits per heavy atom. The minimum absolute atomic E-state index is 0.198. The molecule has 1 aliphatic heterocycles. The molecule has 9 heteroatoms. The summed E-state index contributed by atoms with van der Waals surface area (Å²) < 4.78 is 55.3. The van der Waals surface area contributed by atoms with Gasteiger partial charge in [0.25, 0.3) is 0 Å². The monoisotopic (exact) mass is 502 g/mol. The van der Waals surface area contributed by atoms with E-state index >= 15 is 0 Å². The summed E-state index contributed by atoms with van der Waals surface area (Å²) in [7, 11) is 0. The van der Waals surface area contributed by atoms with Gasteiger partial charge in [0.1, 0.15) is 11.5 Å². The first-order valence-corrected chi connectivity index (χ1v) is 12.1. The third kappa shape index (κ3) is 6.01. The molecule has 0 N–H and O–H groups in total. The Labute approximate surface area is 208 Å². The van der Waals surface area contributed by atoms with Crippen LogP contribution >= 0.6 is 0 Å². The summed E-state index contributed by atoms with van der Waals surface area (Å²) >= 11 is 0. The molecule has 0 saturated carbocycles. The SMILES string of the molecule is CCOC(=O)CCN1CCCc2c(OCCc3nc(-c4ccc(C(F)(F)F)cc4)oc3C)cccc21.